The van der Waals surface area contributed by atoms with E-state index in [0.717, 1.165) is 0 Å². The minimum atomic E-state index is -0.641. The second-order valence-corrected chi connectivity index (χ2v) is 3.00. The van der Waals surface area contributed by atoms with E-state index in [2.05, 4.69) is 26.3 Å². The van der Waals surface area contributed by atoms with Gasteiger partial charge in [0.2, 0.25) is 0 Å². The van der Waals surface area contributed by atoms with Crippen LogP contribution in [-0.2, 0) is 0 Å². The molecule has 9 heteroatoms. The van der Waals surface area contributed by atoms with Crippen LogP contribution in [0.25, 0.3) is 0 Å². The van der Waals surface area contributed by atoms with Crippen LogP contribution >= 0.6 is 0 Å². The lowest BCUT2D eigenvalue weighted by Gasteiger charge is -2.04. The number of urea groups is 1. The quantitative estimate of drug-likeness (QED) is 0.231. The number of nitrogens with two attached hydrogens (primary N) is 2. The van der Waals surface area contributed by atoms with Gasteiger partial charge in [0.15, 0.2) is 11.5 Å². The zero-order valence-corrected chi connectivity index (χ0v) is 8.93. The highest BCUT2D eigenvalue weighted by atomic mass is 16.2. The molecule has 1 aromatic heterocycles. The first-order chi connectivity index (χ1) is 8.13. The number of amides is 3. The molecule has 1 aromatic rings. The summed E-state index contributed by atoms with van der Waals surface area (Å²) in [6.07, 6.45) is 0. The first-order valence-corrected chi connectivity index (χ1v) is 4.75. The molecule has 0 fully saturated rings. The van der Waals surface area contributed by atoms with Crippen LogP contribution in [0.2, 0.25) is 0 Å². The Morgan fingerprint density at radius 3 is 2.41 bits per heavy atom. The molecule has 0 aromatic carbocycles. The fourth-order valence-corrected chi connectivity index (χ4v) is 0.983. The highest BCUT2D eigenvalue weighted by molar-refractivity contribution is 5.92. The number of hydrogen-bond acceptors (Lipinski definition) is 6. The van der Waals surface area contributed by atoms with E-state index >= 15 is 0 Å². The van der Waals surface area contributed by atoms with Crippen LogP contribution in [0.1, 0.15) is 10.5 Å². The standard InChI is InChI=1S/C8H13N7O2/c9-8(17)12-4-3-11-7(16)5-1-2-6(13-10)15-14-5/h1-2H,3-4,10H2,(H,11,16)(H,13,15)(H3,9,12,17). The lowest BCUT2D eigenvalue weighted by molar-refractivity contribution is 0.0948. The molecule has 7 N–H and O–H groups in total. The SMILES string of the molecule is NNc1ccc(C(=O)NCCNC(N)=O)nn1. The van der Waals surface area contributed by atoms with Gasteiger partial charge in [0.25, 0.3) is 5.91 Å². The summed E-state index contributed by atoms with van der Waals surface area (Å²) >= 11 is 0. The van der Waals surface area contributed by atoms with Crippen molar-refractivity contribution in [2.45, 2.75) is 0 Å². The number of rotatable bonds is 5. The van der Waals surface area contributed by atoms with E-state index < -0.39 is 11.9 Å². The largest absolute Gasteiger partial charge is 0.352 e. The minimum Gasteiger partial charge on any atom is -0.352 e. The van der Waals surface area contributed by atoms with Gasteiger partial charge in [0, 0.05) is 13.1 Å². The van der Waals surface area contributed by atoms with Gasteiger partial charge in [-0.3, -0.25) is 4.79 Å². The molecule has 9 nitrogen and oxygen atoms in total. The average Bonchev–Trinajstić information content (AvgIpc) is 2.34. The van der Waals surface area contributed by atoms with Crippen molar-refractivity contribution in [1.82, 2.24) is 20.8 Å². The minimum absolute atomic E-state index is 0.156. The van der Waals surface area contributed by atoms with E-state index in [1.165, 1.54) is 12.1 Å². The topological polar surface area (TPSA) is 148 Å². The third-order valence-electron chi connectivity index (χ3n) is 1.75. The number of primary amides is 1. The molecule has 1 heterocycles. The third-order valence-corrected chi connectivity index (χ3v) is 1.75. The molecular formula is C8H13N7O2. The molecule has 0 radical (unpaired) electrons. The number of nitrogens with one attached hydrogen (secondary N) is 3. The van der Waals surface area contributed by atoms with Crippen molar-refractivity contribution < 1.29 is 9.59 Å². The predicted octanol–water partition coefficient (Wildman–Crippen LogP) is -1.84. The van der Waals surface area contributed by atoms with Crippen molar-refractivity contribution in [3.8, 4) is 0 Å². The molecule has 0 unspecified atom stereocenters. The van der Waals surface area contributed by atoms with Crippen molar-refractivity contribution in [2.75, 3.05) is 18.5 Å². The van der Waals surface area contributed by atoms with Crippen LogP contribution in [0, 0.1) is 0 Å². The molecule has 0 aliphatic heterocycles. The van der Waals surface area contributed by atoms with Gasteiger partial charge in [-0.15, -0.1) is 10.2 Å². The van der Waals surface area contributed by atoms with Crippen LogP contribution in [0.5, 0.6) is 0 Å². The number of anilines is 1. The monoisotopic (exact) mass is 239 g/mol. The summed E-state index contributed by atoms with van der Waals surface area (Å²) in [5, 5.41) is 12.1. The number of nitrogens with zero attached hydrogens (tertiary/aromatic N) is 2. The Labute approximate surface area is 96.9 Å². The molecule has 0 saturated carbocycles. The number of nitrogen functional groups attached to an aromatic ring is 1. The van der Waals surface area contributed by atoms with Gasteiger partial charge >= 0.3 is 6.03 Å². The highest BCUT2D eigenvalue weighted by Gasteiger charge is 2.06. The van der Waals surface area contributed by atoms with Gasteiger partial charge in [-0.1, -0.05) is 0 Å². The van der Waals surface area contributed by atoms with Crippen molar-refractivity contribution in [3.63, 3.8) is 0 Å². The maximum atomic E-state index is 11.5. The van der Waals surface area contributed by atoms with E-state index in [1.54, 1.807) is 0 Å². The normalized spacial score (nSPS) is 9.47. The Balaban J connectivity index is 2.38. The first kappa shape index (κ1) is 12.6. The number of carbonyl (C=O) groups excluding carboxylic acids is 2. The van der Waals surface area contributed by atoms with E-state index in [-0.39, 0.29) is 18.8 Å². The Hall–Kier alpha value is -2.42. The van der Waals surface area contributed by atoms with E-state index in [4.69, 9.17) is 11.6 Å². The van der Waals surface area contributed by atoms with Crippen LogP contribution in [0.15, 0.2) is 12.1 Å². The van der Waals surface area contributed by atoms with Crippen molar-refractivity contribution >= 4 is 17.8 Å². The number of hydrogen-bond donors (Lipinski definition) is 5. The maximum Gasteiger partial charge on any atom is 0.312 e. The summed E-state index contributed by atoms with van der Waals surface area (Å²) in [5.74, 6) is 5.06. The van der Waals surface area contributed by atoms with Crippen LogP contribution < -0.4 is 27.6 Å². The molecule has 0 atom stereocenters. The molecule has 92 valence electrons. The van der Waals surface area contributed by atoms with Gasteiger partial charge in [0.05, 0.1) is 0 Å². The fourth-order valence-electron chi connectivity index (χ4n) is 0.983. The summed E-state index contributed by atoms with van der Waals surface area (Å²) in [6.45, 7) is 0.497. The van der Waals surface area contributed by atoms with Crippen molar-refractivity contribution in [1.29, 1.82) is 0 Å². The van der Waals surface area contributed by atoms with Crippen molar-refractivity contribution in [2.24, 2.45) is 11.6 Å². The molecule has 17 heavy (non-hydrogen) atoms. The van der Waals surface area contributed by atoms with Crippen LogP contribution in [-0.4, -0.2) is 35.2 Å². The van der Waals surface area contributed by atoms with Crippen LogP contribution in [0.3, 0.4) is 0 Å². The molecule has 0 spiro atoms. The second-order valence-electron chi connectivity index (χ2n) is 3.00. The number of hydrazine groups is 1. The Bertz CT molecular complexity index is 391. The van der Waals surface area contributed by atoms with Gasteiger partial charge < -0.3 is 21.8 Å². The summed E-state index contributed by atoms with van der Waals surface area (Å²) in [7, 11) is 0. The first-order valence-electron chi connectivity index (χ1n) is 4.75. The lowest BCUT2D eigenvalue weighted by atomic mass is 10.3. The van der Waals surface area contributed by atoms with E-state index in [1.807, 2.05) is 0 Å². The molecule has 0 bridgehead atoms. The molecular weight excluding hydrogens is 226 g/mol. The third kappa shape index (κ3) is 4.30. The summed E-state index contributed by atoms with van der Waals surface area (Å²) in [6, 6.07) is 2.35. The summed E-state index contributed by atoms with van der Waals surface area (Å²) < 4.78 is 0. The predicted molar refractivity (Wildman–Crippen MR) is 59.8 cm³/mol. The average molecular weight is 239 g/mol. The zero-order chi connectivity index (χ0) is 12.7. The van der Waals surface area contributed by atoms with Gasteiger partial charge in [0.1, 0.15) is 0 Å². The molecule has 0 aliphatic carbocycles. The molecule has 0 saturated heterocycles. The number of aromatic nitrogens is 2. The maximum absolute atomic E-state index is 11.5. The second kappa shape index (κ2) is 6.23. The number of carbonyl (C=O) groups is 2. The van der Waals surface area contributed by atoms with E-state index in [0.29, 0.717) is 5.82 Å². The zero-order valence-electron chi connectivity index (χ0n) is 8.93. The molecule has 3 amide bonds. The van der Waals surface area contributed by atoms with Gasteiger partial charge in [-0.05, 0) is 12.1 Å². The van der Waals surface area contributed by atoms with Crippen molar-refractivity contribution in [3.05, 3.63) is 17.8 Å². The summed E-state index contributed by atoms with van der Waals surface area (Å²) in [5.41, 5.74) is 7.30. The van der Waals surface area contributed by atoms with Gasteiger partial charge in [-0.25, -0.2) is 10.6 Å². The van der Waals surface area contributed by atoms with E-state index in [9.17, 15) is 9.59 Å². The Morgan fingerprint density at radius 2 is 1.88 bits per heavy atom. The molecule has 1 rings (SSSR count). The summed E-state index contributed by atoms with van der Waals surface area (Å²) in [4.78, 5) is 21.8. The Morgan fingerprint density at radius 1 is 1.18 bits per heavy atom. The van der Waals surface area contributed by atoms with Gasteiger partial charge in [-0.2, -0.15) is 0 Å². The van der Waals surface area contributed by atoms with Crippen LogP contribution in [0.4, 0.5) is 10.6 Å². The highest BCUT2D eigenvalue weighted by Crippen LogP contribution is 1.99. The smallest absolute Gasteiger partial charge is 0.312 e. The Kier molecular flexibility index (Phi) is 4.63. The lowest BCUT2D eigenvalue weighted by Crippen LogP contribution is -2.37. The molecule has 0 aliphatic rings. The fraction of sp³-hybridized carbons (Fsp3) is 0.250.